The lowest BCUT2D eigenvalue weighted by molar-refractivity contribution is 0.257. The molecule has 0 amide bonds. The molecule has 0 saturated carbocycles. The van der Waals surface area contributed by atoms with Crippen molar-refractivity contribution in [3.05, 3.63) is 60.2 Å². The Bertz CT molecular complexity index is 799. The zero-order chi connectivity index (χ0) is 17.7. The molecule has 0 radical (unpaired) electrons. The molecular weight excluding hydrogens is 341 g/mol. The van der Waals surface area contributed by atoms with Crippen molar-refractivity contribution in [2.24, 2.45) is 0 Å². The molecule has 1 saturated heterocycles. The lowest BCUT2D eigenvalue weighted by Gasteiger charge is -2.24. The van der Waals surface area contributed by atoms with Crippen LogP contribution in [0, 0.1) is 5.82 Å². The van der Waals surface area contributed by atoms with E-state index in [-0.39, 0.29) is 10.9 Å². The van der Waals surface area contributed by atoms with Gasteiger partial charge in [0.25, 0.3) is 0 Å². The number of nitrogens with one attached hydrogen (secondary N) is 1. The number of hydrogen-bond acceptors (Lipinski definition) is 4. The van der Waals surface area contributed by atoms with Crippen molar-refractivity contribution in [3.63, 3.8) is 0 Å². The van der Waals surface area contributed by atoms with E-state index in [1.807, 2.05) is 18.2 Å². The first-order valence-electron chi connectivity index (χ1n) is 8.44. The summed E-state index contributed by atoms with van der Waals surface area (Å²) in [7, 11) is -3.87. The Balaban J connectivity index is 1.70. The fourth-order valence-electron chi connectivity index (χ4n) is 3.13. The van der Waals surface area contributed by atoms with Gasteiger partial charge in [0.1, 0.15) is 10.7 Å². The van der Waals surface area contributed by atoms with Crippen LogP contribution in [0.1, 0.15) is 25.0 Å². The second-order valence-corrected chi connectivity index (χ2v) is 7.98. The molecule has 134 valence electrons. The first kappa shape index (κ1) is 18.0. The maximum absolute atomic E-state index is 13.8. The fourth-order valence-corrected chi connectivity index (χ4v) is 4.47. The van der Waals surface area contributed by atoms with Gasteiger partial charge in [-0.05, 0) is 43.7 Å². The Morgan fingerprint density at radius 3 is 2.72 bits per heavy atom. The Hall–Kier alpha value is -1.83. The van der Waals surface area contributed by atoms with Crippen LogP contribution in [0.2, 0.25) is 0 Å². The minimum Gasteiger partial charge on any atom is -0.296 e. The lowest BCUT2D eigenvalue weighted by Crippen LogP contribution is -2.42. The third kappa shape index (κ3) is 4.84. The number of sulfonamides is 1. The van der Waals surface area contributed by atoms with Gasteiger partial charge in [-0.2, -0.15) is 0 Å². The minimum absolute atomic E-state index is 0.240. The predicted molar refractivity (Wildman–Crippen MR) is 93.9 cm³/mol. The number of nitrogens with zero attached hydrogens (tertiary/aromatic N) is 2. The van der Waals surface area contributed by atoms with Crippen LogP contribution in [0.15, 0.2) is 53.6 Å². The highest BCUT2D eigenvalue weighted by molar-refractivity contribution is 7.89. The van der Waals surface area contributed by atoms with E-state index >= 15 is 0 Å². The van der Waals surface area contributed by atoms with Crippen molar-refractivity contribution >= 4 is 10.0 Å². The van der Waals surface area contributed by atoms with Crippen LogP contribution in [0.4, 0.5) is 4.39 Å². The Morgan fingerprint density at radius 2 is 1.96 bits per heavy atom. The molecule has 1 aromatic heterocycles. The second kappa shape index (κ2) is 8.03. The maximum Gasteiger partial charge on any atom is 0.243 e. The van der Waals surface area contributed by atoms with Crippen molar-refractivity contribution in [1.82, 2.24) is 14.6 Å². The van der Waals surface area contributed by atoms with Crippen LogP contribution in [0.3, 0.4) is 0 Å². The van der Waals surface area contributed by atoms with E-state index in [9.17, 15) is 12.8 Å². The second-order valence-electron chi connectivity index (χ2n) is 6.30. The predicted octanol–water partition coefficient (Wildman–Crippen LogP) is 2.55. The van der Waals surface area contributed by atoms with E-state index in [1.54, 1.807) is 6.20 Å². The number of rotatable bonds is 5. The largest absolute Gasteiger partial charge is 0.296 e. The summed E-state index contributed by atoms with van der Waals surface area (Å²) in [5.41, 5.74) is 0.958. The quantitative estimate of drug-likeness (QED) is 0.887. The smallest absolute Gasteiger partial charge is 0.243 e. The van der Waals surface area contributed by atoms with Crippen molar-refractivity contribution in [1.29, 1.82) is 0 Å². The van der Waals surface area contributed by atoms with Crippen LogP contribution in [0.25, 0.3) is 0 Å². The van der Waals surface area contributed by atoms with Gasteiger partial charge in [0.05, 0.1) is 5.69 Å². The summed E-state index contributed by atoms with van der Waals surface area (Å²) in [6.45, 7) is 2.16. The summed E-state index contributed by atoms with van der Waals surface area (Å²) in [5.74, 6) is -0.728. The van der Waals surface area contributed by atoms with Gasteiger partial charge >= 0.3 is 0 Å². The Labute approximate surface area is 147 Å². The van der Waals surface area contributed by atoms with Gasteiger partial charge in [-0.15, -0.1) is 0 Å². The zero-order valence-electron chi connectivity index (χ0n) is 13.9. The molecule has 1 aliphatic heterocycles. The molecular formula is C18H22FN3O2S. The summed E-state index contributed by atoms with van der Waals surface area (Å²) in [6.07, 6.45) is 4.44. The Morgan fingerprint density at radius 1 is 1.16 bits per heavy atom. The van der Waals surface area contributed by atoms with Gasteiger partial charge in [-0.1, -0.05) is 24.6 Å². The molecule has 5 nitrogen and oxygen atoms in total. The number of hydrogen-bond donors (Lipinski definition) is 1. The van der Waals surface area contributed by atoms with Gasteiger partial charge in [0.15, 0.2) is 0 Å². The van der Waals surface area contributed by atoms with E-state index in [2.05, 4.69) is 14.6 Å². The molecule has 3 rings (SSSR count). The number of aromatic nitrogens is 1. The van der Waals surface area contributed by atoms with Gasteiger partial charge in [0.2, 0.25) is 10.0 Å². The van der Waals surface area contributed by atoms with E-state index in [4.69, 9.17) is 0 Å². The van der Waals surface area contributed by atoms with Crippen LogP contribution in [0.5, 0.6) is 0 Å². The third-order valence-corrected chi connectivity index (χ3v) is 5.87. The van der Waals surface area contributed by atoms with Gasteiger partial charge in [0, 0.05) is 25.3 Å². The SMILES string of the molecule is O=S(=O)(N[C@H]1CCCCN(Cc2ccccn2)C1)c1ccccc1F. The molecule has 1 aliphatic rings. The summed E-state index contributed by atoms with van der Waals surface area (Å²) in [6, 6.07) is 11.0. The van der Waals surface area contributed by atoms with E-state index in [0.717, 1.165) is 37.6 Å². The van der Waals surface area contributed by atoms with Crippen LogP contribution in [-0.4, -0.2) is 37.4 Å². The van der Waals surface area contributed by atoms with Crippen molar-refractivity contribution in [2.75, 3.05) is 13.1 Å². The molecule has 1 aromatic carbocycles. The van der Waals surface area contributed by atoms with Crippen molar-refractivity contribution in [2.45, 2.75) is 36.7 Å². The summed E-state index contributed by atoms with van der Waals surface area (Å²) < 4.78 is 41.6. The fraction of sp³-hybridized carbons (Fsp3) is 0.389. The standard InChI is InChI=1S/C18H22FN3O2S/c19-17-9-1-2-10-18(17)25(23,24)21-16-8-4-6-12-22(14-16)13-15-7-3-5-11-20-15/h1-3,5,7,9-11,16,21H,4,6,8,12-14H2/t16-/m0/s1. The highest BCUT2D eigenvalue weighted by Gasteiger charge is 2.26. The van der Waals surface area contributed by atoms with Crippen LogP contribution < -0.4 is 4.72 Å². The summed E-state index contributed by atoms with van der Waals surface area (Å²) in [5, 5.41) is 0. The first-order chi connectivity index (χ1) is 12.0. The highest BCUT2D eigenvalue weighted by Crippen LogP contribution is 2.18. The van der Waals surface area contributed by atoms with E-state index in [0.29, 0.717) is 13.1 Å². The lowest BCUT2D eigenvalue weighted by atomic mass is 10.2. The highest BCUT2D eigenvalue weighted by atomic mass is 32.2. The van der Waals surface area contributed by atoms with Gasteiger partial charge in [-0.3, -0.25) is 9.88 Å². The monoisotopic (exact) mass is 363 g/mol. The topological polar surface area (TPSA) is 62.3 Å². The minimum atomic E-state index is -3.87. The molecule has 7 heteroatoms. The van der Waals surface area contributed by atoms with Gasteiger partial charge in [-0.25, -0.2) is 17.5 Å². The molecule has 1 N–H and O–H groups in total. The van der Waals surface area contributed by atoms with E-state index in [1.165, 1.54) is 18.2 Å². The normalized spacial score (nSPS) is 19.5. The Kier molecular flexibility index (Phi) is 5.78. The third-order valence-electron chi connectivity index (χ3n) is 4.32. The van der Waals surface area contributed by atoms with Crippen molar-refractivity contribution < 1.29 is 12.8 Å². The van der Waals surface area contributed by atoms with Gasteiger partial charge < -0.3 is 0 Å². The average molecular weight is 363 g/mol. The summed E-state index contributed by atoms with van der Waals surface area (Å²) >= 11 is 0. The average Bonchev–Trinajstić information content (AvgIpc) is 2.80. The molecule has 0 bridgehead atoms. The molecule has 0 unspecified atom stereocenters. The molecule has 25 heavy (non-hydrogen) atoms. The van der Waals surface area contributed by atoms with Crippen LogP contribution >= 0.6 is 0 Å². The summed E-state index contributed by atoms with van der Waals surface area (Å²) in [4.78, 5) is 6.23. The van der Waals surface area contributed by atoms with E-state index < -0.39 is 15.8 Å². The zero-order valence-corrected chi connectivity index (χ0v) is 14.8. The molecule has 2 aromatic rings. The molecule has 0 spiro atoms. The number of pyridine rings is 1. The molecule has 2 heterocycles. The van der Waals surface area contributed by atoms with Crippen molar-refractivity contribution in [3.8, 4) is 0 Å². The molecule has 1 fully saturated rings. The molecule has 0 aliphatic carbocycles. The number of benzene rings is 1. The first-order valence-corrected chi connectivity index (χ1v) is 9.92. The number of likely N-dealkylation sites (tertiary alicyclic amines) is 1. The number of halogens is 1. The molecule has 1 atom stereocenters. The van der Waals surface area contributed by atoms with Crippen LogP contribution in [-0.2, 0) is 16.6 Å². The maximum atomic E-state index is 13.8.